The highest BCUT2D eigenvalue weighted by molar-refractivity contribution is 6.33. The van der Waals surface area contributed by atoms with Crippen LogP contribution in [0.15, 0.2) is 47.4 Å². The zero-order valence-electron chi connectivity index (χ0n) is 10.7. The predicted molar refractivity (Wildman–Crippen MR) is 77.4 cm³/mol. The summed E-state index contributed by atoms with van der Waals surface area (Å²) in [7, 11) is 0. The molecular weight excluding hydrogens is 298 g/mol. The fourth-order valence-electron chi connectivity index (χ4n) is 1.66. The molecule has 0 spiro atoms. The molecule has 1 amide bonds. The summed E-state index contributed by atoms with van der Waals surface area (Å²) in [6.45, 7) is -0.342. The Balaban J connectivity index is 2.17. The first-order valence-electron chi connectivity index (χ1n) is 5.86. The number of rotatable bonds is 4. The van der Waals surface area contributed by atoms with E-state index < -0.39 is 16.4 Å². The standard InChI is InChI=1S/C13H10ClN3O4/c14-10-3-1-2-4-11(10)15-12(18)8-16-7-9(17(20)21)5-6-13(16)19/h1-7H,8H2,(H,15,18). The van der Waals surface area contributed by atoms with E-state index in [2.05, 4.69) is 5.32 Å². The number of anilines is 1. The first-order valence-corrected chi connectivity index (χ1v) is 6.24. The zero-order chi connectivity index (χ0) is 15.4. The van der Waals surface area contributed by atoms with E-state index in [-0.39, 0.29) is 12.2 Å². The third-order valence-electron chi connectivity index (χ3n) is 2.64. The molecule has 108 valence electrons. The van der Waals surface area contributed by atoms with Crippen LogP contribution in [-0.2, 0) is 11.3 Å². The number of nitrogens with zero attached hydrogens (tertiary/aromatic N) is 2. The molecule has 1 N–H and O–H groups in total. The second kappa shape index (κ2) is 6.19. The van der Waals surface area contributed by atoms with E-state index in [0.29, 0.717) is 10.7 Å². The summed E-state index contributed by atoms with van der Waals surface area (Å²) in [4.78, 5) is 33.5. The van der Waals surface area contributed by atoms with Crippen LogP contribution in [0.25, 0.3) is 0 Å². The third kappa shape index (κ3) is 3.67. The van der Waals surface area contributed by atoms with Crippen molar-refractivity contribution in [2.45, 2.75) is 6.54 Å². The van der Waals surface area contributed by atoms with E-state index in [0.717, 1.165) is 22.9 Å². The molecule has 0 aliphatic heterocycles. The highest BCUT2D eigenvalue weighted by Crippen LogP contribution is 2.20. The van der Waals surface area contributed by atoms with Crippen molar-refractivity contribution >= 4 is 28.9 Å². The number of hydrogen-bond donors (Lipinski definition) is 1. The Morgan fingerprint density at radius 1 is 1.29 bits per heavy atom. The monoisotopic (exact) mass is 307 g/mol. The van der Waals surface area contributed by atoms with Gasteiger partial charge in [0.1, 0.15) is 6.54 Å². The Morgan fingerprint density at radius 3 is 2.67 bits per heavy atom. The zero-order valence-corrected chi connectivity index (χ0v) is 11.4. The molecule has 7 nitrogen and oxygen atoms in total. The van der Waals surface area contributed by atoms with Gasteiger partial charge >= 0.3 is 0 Å². The summed E-state index contributed by atoms with van der Waals surface area (Å²) in [6, 6.07) is 8.75. The van der Waals surface area contributed by atoms with Crippen molar-refractivity contribution in [1.29, 1.82) is 0 Å². The number of halogens is 1. The molecule has 0 fully saturated rings. The summed E-state index contributed by atoms with van der Waals surface area (Å²) >= 11 is 5.90. The van der Waals surface area contributed by atoms with Crippen LogP contribution in [0.2, 0.25) is 5.02 Å². The van der Waals surface area contributed by atoms with E-state index >= 15 is 0 Å². The van der Waals surface area contributed by atoms with Crippen LogP contribution in [0, 0.1) is 10.1 Å². The number of para-hydroxylation sites is 1. The number of hydrogen-bond acceptors (Lipinski definition) is 4. The topological polar surface area (TPSA) is 94.2 Å². The molecule has 0 aliphatic carbocycles. The minimum atomic E-state index is -0.637. The summed E-state index contributed by atoms with van der Waals surface area (Å²) in [5, 5.41) is 13.6. The molecular formula is C13H10ClN3O4. The van der Waals surface area contributed by atoms with Gasteiger partial charge in [-0.1, -0.05) is 23.7 Å². The maximum absolute atomic E-state index is 11.9. The molecule has 8 heteroatoms. The van der Waals surface area contributed by atoms with E-state index in [1.54, 1.807) is 24.3 Å². The van der Waals surface area contributed by atoms with Crippen molar-refractivity contribution in [2.24, 2.45) is 0 Å². The van der Waals surface area contributed by atoms with Crippen LogP contribution in [0.4, 0.5) is 11.4 Å². The van der Waals surface area contributed by atoms with E-state index in [9.17, 15) is 19.7 Å². The lowest BCUT2D eigenvalue weighted by molar-refractivity contribution is -0.385. The smallest absolute Gasteiger partial charge is 0.285 e. The van der Waals surface area contributed by atoms with Gasteiger partial charge in [-0.2, -0.15) is 0 Å². The van der Waals surface area contributed by atoms with Crippen LogP contribution in [0.5, 0.6) is 0 Å². The number of benzene rings is 1. The van der Waals surface area contributed by atoms with Crippen molar-refractivity contribution < 1.29 is 9.72 Å². The van der Waals surface area contributed by atoms with Gasteiger partial charge in [-0.25, -0.2) is 0 Å². The SMILES string of the molecule is O=C(Cn1cc([N+](=O)[O-])ccc1=O)Nc1ccccc1Cl. The van der Waals surface area contributed by atoms with Gasteiger partial charge in [0.2, 0.25) is 5.91 Å². The van der Waals surface area contributed by atoms with Crippen molar-refractivity contribution in [3.8, 4) is 0 Å². The lowest BCUT2D eigenvalue weighted by Crippen LogP contribution is -2.27. The lowest BCUT2D eigenvalue weighted by Gasteiger charge is -2.08. The molecule has 0 aliphatic rings. The first kappa shape index (κ1) is 14.7. The molecule has 0 saturated carbocycles. The van der Waals surface area contributed by atoms with Gasteiger partial charge in [-0.05, 0) is 12.1 Å². The molecule has 0 radical (unpaired) electrons. The summed E-state index contributed by atoms with van der Waals surface area (Å²) in [5.74, 6) is -0.509. The average molecular weight is 308 g/mol. The van der Waals surface area contributed by atoms with Crippen molar-refractivity contribution in [1.82, 2.24) is 4.57 Å². The quantitative estimate of drug-likeness (QED) is 0.691. The van der Waals surface area contributed by atoms with Crippen LogP contribution < -0.4 is 10.9 Å². The second-order valence-electron chi connectivity index (χ2n) is 4.14. The van der Waals surface area contributed by atoms with E-state index in [4.69, 9.17) is 11.6 Å². The van der Waals surface area contributed by atoms with Gasteiger partial charge in [0, 0.05) is 12.1 Å². The van der Waals surface area contributed by atoms with Crippen LogP contribution in [0.1, 0.15) is 0 Å². The Morgan fingerprint density at radius 2 is 2.00 bits per heavy atom. The molecule has 1 aromatic carbocycles. The first-order chi connectivity index (χ1) is 9.97. The maximum Gasteiger partial charge on any atom is 0.285 e. The van der Waals surface area contributed by atoms with Gasteiger partial charge in [0.25, 0.3) is 11.2 Å². The number of nitro groups is 1. The highest BCUT2D eigenvalue weighted by Gasteiger charge is 2.11. The molecule has 0 saturated heterocycles. The van der Waals surface area contributed by atoms with Crippen LogP contribution >= 0.6 is 11.6 Å². The second-order valence-corrected chi connectivity index (χ2v) is 4.55. The predicted octanol–water partition coefficient (Wildman–Crippen LogP) is 2.05. The van der Waals surface area contributed by atoms with Crippen LogP contribution in [0.3, 0.4) is 0 Å². The van der Waals surface area contributed by atoms with Crippen molar-refractivity contribution in [2.75, 3.05) is 5.32 Å². The molecule has 1 aromatic heterocycles. The molecule has 0 atom stereocenters. The Labute approximate surface area is 123 Å². The number of pyridine rings is 1. The van der Waals surface area contributed by atoms with Gasteiger partial charge < -0.3 is 5.32 Å². The van der Waals surface area contributed by atoms with Gasteiger partial charge in [-0.15, -0.1) is 0 Å². The molecule has 2 aromatic rings. The fourth-order valence-corrected chi connectivity index (χ4v) is 1.84. The van der Waals surface area contributed by atoms with Crippen LogP contribution in [-0.4, -0.2) is 15.4 Å². The summed E-state index contributed by atoms with van der Waals surface area (Å²) < 4.78 is 0.963. The normalized spacial score (nSPS) is 10.1. The minimum absolute atomic E-state index is 0.264. The third-order valence-corrected chi connectivity index (χ3v) is 2.97. The molecule has 2 rings (SSSR count). The average Bonchev–Trinajstić information content (AvgIpc) is 2.43. The number of carbonyl (C=O) groups is 1. The van der Waals surface area contributed by atoms with Crippen molar-refractivity contribution in [3.05, 3.63) is 68.1 Å². The van der Waals surface area contributed by atoms with Crippen molar-refractivity contribution in [3.63, 3.8) is 0 Å². The Hall–Kier alpha value is -2.67. The minimum Gasteiger partial charge on any atom is -0.323 e. The molecule has 0 bridgehead atoms. The fraction of sp³-hybridized carbons (Fsp3) is 0.0769. The van der Waals surface area contributed by atoms with E-state index in [1.807, 2.05) is 0 Å². The largest absolute Gasteiger partial charge is 0.323 e. The van der Waals surface area contributed by atoms with Gasteiger partial charge in [0.05, 0.1) is 21.8 Å². The summed E-state index contributed by atoms with van der Waals surface area (Å²) in [6.07, 6.45) is 1.02. The van der Waals surface area contributed by atoms with Gasteiger partial charge in [-0.3, -0.25) is 24.3 Å². The molecule has 1 heterocycles. The number of amides is 1. The number of nitrogens with one attached hydrogen (secondary N) is 1. The van der Waals surface area contributed by atoms with E-state index in [1.165, 1.54) is 0 Å². The van der Waals surface area contributed by atoms with Gasteiger partial charge in [0.15, 0.2) is 0 Å². The lowest BCUT2D eigenvalue weighted by atomic mass is 10.3. The highest BCUT2D eigenvalue weighted by atomic mass is 35.5. The maximum atomic E-state index is 11.9. The molecule has 21 heavy (non-hydrogen) atoms. The molecule has 0 unspecified atom stereocenters. The Kier molecular flexibility index (Phi) is 4.34. The number of carbonyl (C=O) groups excluding carboxylic acids is 1. The summed E-state index contributed by atoms with van der Waals surface area (Å²) in [5.41, 5.74) is -0.363. The number of aromatic nitrogens is 1. The Bertz CT molecular complexity index is 757.